The highest BCUT2D eigenvalue weighted by Crippen LogP contribution is 2.25. The first-order valence-electron chi connectivity index (χ1n) is 4.05. The van der Waals surface area contributed by atoms with Crippen molar-refractivity contribution in [2.45, 2.75) is 19.3 Å². The molecule has 0 amide bonds. The first kappa shape index (κ1) is 6.08. The van der Waals surface area contributed by atoms with Crippen LogP contribution in [0.25, 0.3) is 0 Å². The van der Waals surface area contributed by atoms with Crippen LogP contribution >= 0.6 is 0 Å². The lowest BCUT2D eigenvalue weighted by Crippen LogP contribution is -2.28. The Hall–Kier alpha value is -0.660. The molecule has 2 heterocycles. The molecule has 0 atom stereocenters. The van der Waals surface area contributed by atoms with Gasteiger partial charge in [-0.15, -0.1) is 0 Å². The summed E-state index contributed by atoms with van der Waals surface area (Å²) >= 11 is 0. The van der Waals surface area contributed by atoms with Crippen LogP contribution in [0.15, 0.2) is 11.4 Å². The predicted molar refractivity (Wildman–Crippen MR) is 41.5 cm³/mol. The Balaban J connectivity index is 2.20. The lowest BCUT2D eigenvalue weighted by atomic mass is 10.1. The van der Waals surface area contributed by atoms with Gasteiger partial charge in [0.1, 0.15) is 5.82 Å². The van der Waals surface area contributed by atoms with E-state index >= 15 is 0 Å². The maximum absolute atomic E-state index is 3.44. The van der Waals surface area contributed by atoms with E-state index < -0.39 is 0 Å². The van der Waals surface area contributed by atoms with Gasteiger partial charge in [0, 0.05) is 20.1 Å². The summed E-state index contributed by atoms with van der Waals surface area (Å²) in [5.74, 6) is 1.42. The summed E-state index contributed by atoms with van der Waals surface area (Å²) in [4.78, 5) is 2.33. The third-order valence-electron chi connectivity index (χ3n) is 2.41. The Kier molecular flexibility index (Phi) is 1.33. The van der Waals surface area contributed by atoms with Crippen LogP contribution in [0.4, 0.5) is 0 Å². The minimum Gasteiger partial charge on any atom is -0.372 e. The van der Waals surface area contributed by atoms with Crippen molar-refractivity contribution in [2.75, 3.05) is 20.1 Å². The van der Waals surface area contributed by atoms with E-state index in [-0.39, 0.29) is 0 Å². The maximum Gasteiger partial charge on any atom is 0.100 e. The Morgan fingerprint density at radius 2 is 2.30 bits per heavy atom. The van der Waals surface area contributed by atoms with Crippen molar-refractivity contribution in [1.82, 2.24) is 10.2 Å². The van der Waals surface area contributed by atoms with E-state index in [0.29, 0.717) is 0 Å². The zero-order chi connectivity index (χ0) is 6.97. The smallest absolute Gasteiger partial charge is 0.100 e. The molecule has 0 radical (unpaired) electrons. The lowest BCUT2D eigenvalue weighted by molar-refractivity contribution is 0.417. The molecule has 2 rings (SSSR count). The van der Waals surface area contributed by atoms with Crippen LogP contribution in [-0.2, 0) is 0 Å². The Morgan fingerprint density at radius 1 is 1.40 bits per heavy atom. The molecule has 0 aromatic carbocycles. The van der Waals surface area contributed by atoms with E-state index in [1.165, 1.54) is 38.2 Å². The number of hydrogen-bond acceptors (Lipinski definition) is 2. The van der Waals surface area contributed by atoms with Gasteiger partial charge in [0.15, 0.2) is 0 Å². The van der Waals surface area contributed by atoms with Gasteiger partial charge >= 0.3 is 0 Å². The fraction of sp³-hybridized carbons (Fsp3) is 0.750. The molecule has 2 nitrogen and oxygen atoms in total. The van der Waals surface area contributed by atoms with Crippen molar-refractivity contribution in [3.63, 3.8) is 0 Å². The van der Waals surface area contributed by atoms with Gasteiger partial charge in [0.05, 0.1) is 0 Å². The Morgan fingerprint density at radius 3 is 3.10 bits per heavy atom. The second kappa shape index (κ2) is 2.19. The van der Waals surface area contributed by atoms with E-state index in [2.05, 4.69) is 17.3 Å². The second-order valence-corrected chi connectivity index (χ2v) is 3.15. The Labute approximate surface area is 61.9 Å². The topological polar surface area (TPSA) is 15.3 Å². The molecule has 2 heteroatoms. The maximum atomic E-state index is 3.44. The molecule has 10 heavy (non-hydrogen) atoms. The van der Waals surface area contributed by atoms with E-state index in [9.17, 15) is 0 Å². The molecule has 2 aliphatic heterocycles. The normalized spacial score (nSPS) is 24.7. The van der Waals surface area contributed by atoms with Gasteiger partial charge in [-0.05, 0) is 24.8 Å². The summed E-state index contributed by atoms with van der Waals surface area (Å²) < 4.78 is 0. The predicted octanol–water partition coefficient (Wildman–Crippen LogP) is 0.917. The van der Waals surface area contributed by atoms with Gasteiger partial charge in [-0.25, -0.2) is 0 Å². The van der Waals surface area contributed by atoms with Crippen LogP contribution in [0.3, 0.4) is 0 Å². The fourth-order valence-electron chi connectivity index (χ4n) is 1.81. The van der Waals surface area contributed by atoms with Crippen molar-refractivity contribution in [3.05, 3.63) is 11.4 Å². The second-order valence-electron chi connectivity index (χ2n) is 3.15. The van der Waals surface area contributed by atoms with E-state index in [1.54, 1.807) is 5.57 Å². The van der Waals surface area contributed by atoms with E-state index in [0.717, 1.165) is 0 Å². The molecule has 0 aromatic rings. The third kappa shape index (κ3) is 0.789. The highest BCUT2D eigenvalue weighted by atomic mass is 15.2. The molecule has 0 saturated carbocycles. The molecular weight excluding hydrogens is 124 g/mol. The van der Waals surface area contributed by atoms with Gasteiger partial charge in [0.2, 0.25) is 0 Å². The minimum absolute atomic E-state index is 1.17. The summed E-state index contributed by atoms with van der Waals surface area (Å²) in [7, 11) is 2.17. The average molecular weight is 138 g/mol. The van der Waals surface area contributed by atoms with Crippen molar-refractivity contribution >= 4 is 0 Å². The van der Waals surface area contributed by atoms with Crippen LogP contribution in [0.1, 0.15) is 19.3 Å². The van der Waals surface area contributed by atoms with Crippen LogP contribution in [-0.4, -0.2) is 25.0 Å². The van der Waals surface area contributed by atoms with Crippen LogP contribution in [0.5, 0.6) is 0 Å². The summed E-state index contributed by atoms with van der Waals surface area (Å²) in [5, 5.41) is 3.44. The molecule has 0 saturated heterocycles. The SMILES string of the molecule is CN1CCC2=C1NCCC2. The molecule has 2 aliphatic rings. The monoisotopic (exact) mass is 138 g/mol. The van der Waals surface area contributed by atoms with Gasteiger partial charge in [-0.1, -0.05) is 0 Å². The first-order valence-corrected chi connectivity index (χ1v) is 4.05. The standard InChI is InChI=1S/C8H14N2/c1-10-6-4-7-3-2-5-9-8(7)10/h9H,2-6H2,1H3. The summed E-state index contributed by atoms with van der Waals surface area (Å²) in [5.41, 5.74) is 1.65. The van der Waals surface area contributed by atoms with Gasteiger partial charge in [0.25, 0.3) is 0 Å². The molecule has 0 aliphatic carbocycles. The number of rotatable bonds is 0. The van der Waals surface area contributed by atoms with Gasteiger partial charge < -0.3 is 10.2 Å². The van der Waals surface area contributed by atoms with Gasteiger partial charge in [-0.2, -0.15) is 0 Å². The van der Waals surface area contributed by atoms with Crippen molar-refractivity contribution in [2.24, 2.45) is 0 Å². The highest BCUT2D eigenvalue weighted by molar-refractivity contribution is 5.19. The van der Waals surface area contributed by atoms with E-state index in [4.69, 9.17) is 0 Å². The quantitative estimate of drug-likeness (QED) is 0.535. The summed E-state index contributed by atoms with van der Waals surface area (Å²) in [6.07, 6.45) is 3.94. The number of hydrogen-bond donors (Lipinski definition) is 1. The molecule has 1 N–H and O–H groups in total. The molecular formula is C8H14N2. The summed E-state index contributed by atoms with van der Waals surface area (Å²) in [6, 6.07) is 0. The molecule has 0 unspecified atom stereocenters. The minimum atomic E-state index is 1.17. The molecule has 0 fully saturated rings. The van der Waals surface area contributed by atoms with Crippen molar-refractivity contribution < 1.29 is 0 Å². The first-order chi connectivity index (χ1) is 4.88. The molecule has 0 bridgehead atoms. The zero-order valence-corrected chi connectivity index (χ0v) is 6.48. The lowest BCUT2D eigenvalue weighted by Gasteiger charge is -2.21. The van der Waals surface area contributed by atoms with Crippen molar-refractivity contribution in [3.8, 4) is 0 Å². The molecule has 0 aromatic heterocycles. The average Bonchev–Trinajstić information content (AvgIpc) is 2.34. The van der Waals surface area contributed by atoms with Crippen LogP contribution < -0.4 is 5.32 Å². The van der Waals surface area contributed by atoms with Crippen molar-refractivity contribution in [1.29, 1.82) is 0 Å². The van der Waals surface area contributed by atoms with Crippen LogP contribution in [0, 0.1) is 0 Å². The third-order valence-corrected chi connectivity index (χ3v) is 2.41. The highest BCUT2D eigenvalue weighted by Gasteiger charge is 2.20. The molecule has 0 spiro atoms. The number of nitrogens with zero attached hydrogens (tertiary/aromatic N) is 1. The van der Waals surface area contributed by atoms with Crippen LogP contribution in [0.2, 0.25) is 0 Å². The zero-order valence-electron chi connectivity index (χ0n) is 6.48. The van der Waals surface area contributed by atoms with Gasteiger partial charge in [-0.3, -0.25) is 0 Å². The fourth-order valence-corrected chi connectivity index (χ4v) is 1.81. The Bertz CT molecular complexity index is 172. The number of nitrogens with one attached hydrogen (secondary N) is 1. The molecule has 56 valence electrons. The van der Waals surface area contributed by atoms with E-state index in [1.807, 2.05) is 0 Å². The summed E-state index contributed by atoms with van der Waals surface area (Å²) in [6.45, 7) is 2.39. The largest absolute Gasteiger partial charge is 0.372 e.